The molecule has 17 heavy (non-hydrogen) atoms. The van der Waals surface area contributed by atoms with Gasteiger partial charge in [-0.2, -0.15) is 0 Å². The van der Waals surface area contributed by atoms with Crippen LogP contribution in [0.3, 0.4) is 0 Å². The van der Waals surface area contributed by atoms with Gasteiger partial charge in [0, 0.05) is 17.1 Å². The normalized spacial score (nSPS) is 11.9. The van der Waals surface area contributed by atoms with Gasteiger partial charge in [0.05, 0.1) is 0 Å². The van der Waals surface area contributed by atoms with Crippen LogP contribution in [0, 0.1) is 5.82 Å². The van der Waals surface area contributed by atoms with Gasteiger partial charge in [-0.1, -0.05) is 17.7 Å². The molecule has 0 saturated carbocycles. The number of carboxylic acid groups (broad SMARTS) is 1. The number of carbonyl (C=O) groups is 1. The zero-order valence-corrected chi connectivity index (χ0v) is 10.8. The minimum atomic E-state index is -1.05. The van der Waals surface area contributed by atoms with Crippen LogP contribution in [-0.4, -0.2) is 28.6 Å². The molecule has 0 unspecified atom stereocenters. The second kappa shape index (κ2) is 5.02. The Balaban J connectivity index is 2.88. The zero-order valence-electron chi connectivity index (χ0n) is 10.00. The van der Waals surface area contributed by atoms with Gasteiger partial charge in [0.15, 0.2) is 0 Å². The lowest BCUT2D eigenvalue weighted by Crippen LogP contribution is -2.47. The molecule has 0 amide bonds. The first-order chi connectivity index (χ1) is 7.75. The van der Waals surface area contributed by atoms with E-state index < -0.39 is 17.3 Å². The van der Waals surface area contributed by atoms with Crippen molar-refractivity contribution in [2.24, 2.45) is 0 Å². The Morgan fingerprint density at radius 3 is 2.59 bits per heavy atom. The Labute approximate surface area is 105 Å². The molecule has 0 aliphatic rings. The molecular formula is C12H15ClFNO2. The number of hydrogen-bond acceptors (Lipinski definition) is 2. The molecule has 0 atom stereocenters. The van der Waals surface area contributed by atoms with Crippen molar-refractivity contribution in [3.05, 3.63) is 34.6 Å². The van der Waals surface area contributed by atoms with Gasteiger partial charge in [-0.3, -0.25) is 9.69 Å². The molecule has 0 aliphatic carbocycles. The van der Waals surface area contributed by atoms with E-state index in [2.05, 4.69) is 0 Å². The highest BCUT2D eigenvalue weighted by atomic mass is 35.5. The summed E-state index contributed by atoms with van der Waals surface area (Å²) in [6, 6.07) is 4.37. The third-order valence-corrected chi connectivity index (χ3v) is 3.14. The van der Waals surface area contributed by atoms with E-state index in [1.165, 1.54) is 6.07 Å². The van der Waals surface area contributed by atoms with Gasteiger partial charge in [0.25, 0.3) is 0 Å². The topological polar surface area (TPSA) is 40.5 Å². The quantitative estimate of drug-likeness (QED) is 0.904. The molecule has 0 heterocycles. The lowest BCUT2D eigenvalue weighted by molar-refractivity contribution is -0.148. The standard InChI is InChI=1S/C12H15ClFNO2/c1-12(2,11(16)17)15(3)7-8-4-5-9(13)6-10(8)14/h4-6H,7H2,1-3H3,(H,16,17). The minimum Gasteiger partial charge on any atom is -0.480 e. The SMILES string of the molecule is CN(Cc1ccc(Cl)cc1F)C(C)(C)C(=O)O. The predicted molar refractivity (Wildman–Crippen MR) is 64.6 cm³/mol. The zero-order chi connectivity index (χ0) is 13.2. The van der Waals surface area contributed by atoms with Crippen molar-refractivity contribution in [1.29, 1.82) is 0 Å². The fourth-order valence-electron chi connectivity index (χ4n) is 1.27. The first kappa shape index (κ1) is 13.9. The van der Waals surface area contributed by atoms with Gasteiger partial charge in [-0.05, 0) is 33.0 Å². The van der Waals surface area contributed by atoms with Crippen LogP contribution in [0.2, 0.25) is 5.02 Å². The van der Waals surface area contributed by atoms with Crippen molar-refractivity contribution in [2.75, 3.05) is 7.05 Å². The van der Waals surface area contributed by atoms with Gasteiger partial charge in [-0.15, -0.1) is 0 Å². The summed E-state index contributed by atoms with van der Waals surface area (Å²) in [5.41, 5.74) is -0.627. The molecular weight excluding hydrogens is 245 g/mol. The molecule has 1 N–H and O–H groups in total. The molecule has 5 heteroatoms. The minimum absolute atomic E-state index is 0.211. The third kappa shape index (κ3) is 3.17. The van der Waals surface area contributed by atoms with Crippen LogP contribution in [-0.2, 0) is 11.3 Å². The molecule has 0 spiro atoms. The van der Waals surface area contributed by atoms with Crippen molar-refractivity contribution in [3.8, 4) is 0 Å². The van der Waals surface area contributed by atoms with Gasteiger partial charge < -0.3 is 5.11 Å². The Bertz CT molecular complexity index is 435. The van der Waals surface area contributed by atoms with Gasteiger partial charge in [-0.25, -0.2) is 4.39 Å². The van der Waals surface area contributed by atoms with Gasteiger partial charge in [0.2, 0.25) is 0 Å². The summed E-state index contributed by atoms with van der Waals surface area (Å²) in [5.74, 6) is -1.38. The number of likely N-dealkylation sites (N-methyl/N-ethyl adjacent to an activating group) is 1. The molecule has 0 bridgehead atoms. The van der Waals surface area contributed by atoms with Crippen molar-refractivity contribution in [2.45, 2.75) is 25.9 Å². The highest BCUT2D eigenvalue weighted by Gasteiger charge is 2.32. The molecule has 94 valence electrons. The lowest BCUT2D eigenvalue weighted by Gasteiger charge is -2.31. The highest BCUT2D eigenvalue weighted by Crippen LogP contribution is 2.20. The van der Waals surface area contributed by atoms with Gasteiger partial charge in [0.1, 0.15) is 11.4 Å². The summed E-state index contributed by atoms with van der Waals surface area (Å²) >= 11 is 5.65. The Morgan fingerprint density at radius 2 is 2.12 bits per heavy atom. The first-order valence-electron chi connectivity index (χ1n) is 5.13. The number of hydrogen-bond donors (Lipinski definition) is 1. The summed E-state index contributed by atoms with van der Waals surface area (Å²) in [6.45, 7) is 3.36. The summed E-state index contributed by atoms with van der Waals surface area (Å²) in [6.07, 6.45) is 0. The van der Waals surface area contributed by atoms with E-state index in [4.69, 9.17) is 16.7 Å². The van der Waals surface area contributed by atoms with E-state index >= 15 is 0 Å². The largest absolute Gasteiger partial charge is 0.480 e. The second-order valence-corrected chi connectivity index (χ2v) is 4.89. The Morgan fingerprint density at radius 1 is 1.53 bits per heavy atom. The molecule has 1 aromatic carbocycles. The van der Waals surface area contributed by atoms with Crippen LogP contribution in [0.1, 0.15) is 19.4 Å². The molecule has 0 aliphatic heterocycles. The number of rotatable bonds is 4. The van der Waals surface area contributed by atoms with E-state index in [1.807, 2.05) is 0 Å². The maximum absolute atomic E-state index is 13.5. The molecule has 1 rings (SSSR count). The molecule has 0 fully saturated rings. The monoisotopic (exact) mass is 259 g/mol. The molecule has 0 aromatic heterocycles. The maximum atomic E-state index is 13.5. The maximum Gasteiger partial charge on any atom is 0.323 e. The Hall–Kier alpha value is -1.13. The molecule has 0 radical (unpaired) electrons. The third-order valence-electron chi connectivity index (χ3n) is 2.90. The van der Waals surface area contributed by atoms with Crippen LogP contribution in [0.5, 0.6) is 0 Å². The van der Waals surface area contributed by atoms with E-state index in [1.54, 1.807) is 37.9 Å². The number of benzene rings is 1. The number of nitrogens with zero attached hydrogens (tertiary/aromatic N) is 1. The van der Waals surface area contributed by atoms with E-state index in [-0.39, 0.29) is 6.54 Å². The summed E-state index contributed by atoms with van der Waals surface area (Å²) in [5, 5.41) is 9.37. The summed E-state index contributed by atoms with van der Waals surface area (Å²) < 4.78 is 13.5. The van der Waals surface area contributed by atoms with E-state index in [9.17, 15) is 9.18 Å². The number of halogens is 2. The van der Waals surface area contributed by atoms with Crippen LogP contribution >= 0.6 is 11.6 Å². The summed E-state index contributed by atoms with van der Waals surface area (Å²) in [4.78, 5) is 12.6. The average molecular weight is 260 g/mol. The van der Waals surface area contributed by atoms with Crippen LogP contribution < -0.4 is 0 Å². The Kier molecular flexibility index (Phi) is 4.11. The predicted octanol–water partition coefficient (Wildman–Crippen LogP) is 2.77. The first-order valence-corrected chi connectivity index (χ1v) is 5.51. The second-order valence-electron chi connectivity index (χ2n) is 4.46. The van der Waals surface area contributed by atoms with Crippen molar-refractivity contribution in [1.82, 2.24) is 4.90 Å². The molecule has 1 aromatic rings. The van der Waals surface area contributed by atoms with E-state index in [0.29, 0.717) is 10.6 Å². The highest BCUT2D eigenvalue weighted by molar-refractivity contribution is 6.30. The van der Waals surface area contributed by atoms with Crippen molar-refractivity contribution < 1.29 is 14.3 Å². The van der Waals surface area contributed by atoms with Crippen molar-refractivity contribution >= 4 is 17.6 Å². The summed E-state index contributed by atoms with van der Waals surface area (Å²) in [7, 11) is 1.64. The fraction of sp³-hybridized carbons (Fsp3) is 0.417. The van der Waals surface area contributed by atoms with Crippen LogP contribution in [0.25, 0.3) is 0 Å². The average Bonchev–Trinajstić information content (AvgIpc) is 2.21. The lowest BCUT2D eigenvalue weighted by atomic mass is 10.0. The smallest absolute Gasteiger partial charge is 0.323 e. The number of aliphatic carboxylic acids is 1. The van der Waals surface area contributed by atoms with Crippen molar-refractivity contribution in [3.63, 3.8) is 0 Å². The number of carboxylic acids is 1. The van der Waals surface area contributed by atoms with Gasteiger partial charge >= 0.3 is 5.97 Å². The molecule has 0 saturated heterocycles. The van der Waals surface area contributed by atoms with Crippen LogP contribution in [0.15, 0.2) is 18.2 Å². The van der Waals surface area contributed by atoms with Crippen LogP contribution in [0.4, 0.5) is 4.39 Å². The van der Waals surface area contributed by atoms with E-state index in [0.717, 1.165) is 0 Å². The fourth-order valence-corrected chi connectivity index (χ4v) is 1.43. The molecule has 3 nitrogen and oxygen atoms in total.